The molecule has 0 N–H and O–H groups in total. The minimum Gasteiger partial charge on any atom is -0.462 e. The SMILES string of the molecule is CCOC(=O)c1ccc(-n2cnc3c2CCCC3)nc1. The van der Waals surface area contributed by atoms with Crippen molar-refractivity contribution >= 4 is 5.97 Å². The summed E-state index contributed by atoms with van der Waals surface area (Å²) in [7, 11) is 0. The van der Waals surface area contributed by atoms with Crippen molar-refractivity contribution < 1.29 is 9.53 Å². The molecule has 0 aromatic carbocycles. The van der Waals surface area contributed by atoms with Gasteiger partial charge in [-0.1, -0.05) is 0 Å². The largest absolute Gasteiger partial charge is 0.462 e. The van der Waals surface area contributed by atoms with E-state index in [9.17, 15) is 4.79 Å². The maximum atomic E-state index is 11.6. The number of aromatic nitrogens is 3. The lowest BCUT2D eigenvalue weighted by molar-refractivity contribution is 0.0526. The summed E-state index contributed by atoms with van der Waals surface area (Å²) in [5.74, 6) is 0.466. The number of hydrogen-bond acceptors (Lipinski definition) is 4. The summed E-state index contributed by atoms with van der Waals surface area (Å²) >= 11 is 0. The molecule has 0 spiro atoms. The van der Waals surface area contributed by atoms with Crippen LogP contribution in [0.4, 0.5) is 0 Å². The number of imidazole rings is 1. The van der Waals surface area contributed by atoms with Crippen molar-refractivity contribution in [1.82, 2.24) is 14.5 Å². The second-order valence-corrected chi connectivity index (χ2v) is 4.84. The Hall–Kier alpha value is -2.17. The fraction of sp³-hybridized carbons (Fsp3) is 0.400. The average molecular weight is 271 g/mol. The number of hydrogen-bond donors (Lipinski definition) is 0. The minimum absolute atomic E-state index is 0.334. The van der Waals surface area contributed by atoms with Gasteiger partial charge in [0.15, 0.2) is 0 Å². The average Bonchev–Trinajstić information content (AvgIpc) is 2.92. The topological polar surface area (TPSA) is 57.0 Å². The third-order valence-electron chi connectivity index (χ3n) is 3.54. The van der Waals surface area contributed by atoms with Crippen LogP contribution in [0.5, 0.6) is 0 Å². The Balaban J connectivity index is 1.88. The molecule has 1 aliphatic carbocycles. The van der Waals surface area contributed by atoms with Crippen LogP contribution in [-0.4, -0.2) is 27.1 Å². The highest BCUT2D eigenvalue weighted by molar-refractivity contribution is 5.89. The van der Waals surface area contributed by atoms with Gasteiger partial charge in [0.1, 0.15) is 12.1 Å². The second kappa shape index (κ2) is 5.45. The predicted molar refractivity (Wildman–Crippen MR) is 74.0 cm³/mol. The first-order valence-electron chi connectivity index (χ1n) is 6.98. The summed E-state index contributed by atoms with van der Waals surface area (Å²) in [6, 6.07) is 3.58. The van der Waals surface area contributed by atoms with E-state index in [2.05, 4.69) is 9.97 Å². The molecule has 5 heteroatoms. The van der Waals surface area contributed by atoms with E-state index in [-0.39, 0.29) is 5.97 Å². The Morgan fingerprint density at radius 3 is 2.90 bits per heavy atom. The van der Waals surface area contributed by atoms with Gasteiger partial charge in [-0.3, -0.25) is 4.57 Å². The minimum atomic E-state index is -0.334. The Morgan fingerprint density at radius 1 is 1.30 bits per heavy atom. The molecule has 0 bridgehead atoms. The molecule has 20 heavy (non-hydrogen) atoms. The summed E-state index contributed by atoms with van der Waals surface area (Å²) < 4.78 is 6.97. The first-order valence-corrected chi connectivity index (χ1v) is 6.98. The molecule has 2 aromatic heterocycles. The standard InChI is InChI=1S/C15H17N3O2/c1-2-20-15(19)11-7-8-14(16-9-11)18-10-17-12-5-3-4-6-13(12)18/h7-10H,2-6H2,1H3. The molecule has 104 valence electrons. The van der Waals surface area contributed by atoms with E-state index in [1.54, 1.807) is 19.2 Å². The number of fused-ring (bicyclic) bond motifs is 1. The summed E-state index contributed by atoms with van der Waals surface area (Å²) in [5.41, 5.74) is 2.89. The molecule has 0 amide bonds. The molecule has 0 saturated carbocycles. The van der Waals surface area contributed by atoms with Crippen LogP contribution in [0.2, 0.25) is 0 Å². The number of aryl methyl sites for hydroxylation is 1. The Morgan fingerprint density at radius 2 is 2.15 bits per heavy atom. The van der Waals surface area contributed by atoms with Gasteiger partial charge in [0.05, 0.1) is 17.9 Å². The van der Waals surface area contributed by atoms with Crippen LogP contribution in [0.3, 0.4) is 0 Å². The van der Waals surface area contributed by atoms with Gasteiger partial charge in [0.2, 0.25) is 0 Å². The molecule has 0 radical (unpaired) electrons. The highest BCUT2D eigenvalue weighted by Crippen LogP contribution is 2.22. The van der Waals surface area contributed by atoms with Crippen LogP contribution < -0.4 is 0 Å². The number of nitrogens with zero attached hydrogens (tertiary/aromatic N) is 3. The lowest BCUT2D eigenvalue weighted by atomic mass is 10.0. The van der Waals surface area contributed by atoms with E-state index in [0.29, 0.717) is 12.2 Å². The second-order valence-electron chi connectivity index (χ2n) is 4.84. The Kier molecular flexibility index (Phi) is 3.50. The first kappa shape index (κ1) is 12.8. The van der Waals surface area contributed by atoms with Gasteiger partial charge in [-0.2, -0.15) is 0 Å². The number of esters is 1. The van der Waals surface area contributed by atoms with Gasteiger partial charge >= 0.3 is 5.97 Å². The zero-order valence-corrected chi connectivity index (χ0v) is 11.5. The number of rotatable bonds is 3. The van der Waals surface area contributed by atoms with Crippen LogP contribution >= 0.6 is 0 Å². The number of pyridine rings is 1. The molecule has 0 unspecified atom stereocenters. The van der Waals surface area contributed by atoms with Crippen LogP contribution in [0.1, 0.15) is 41.5 Å². The van der Waals surface area contributed by atoms with Crippen LogP contribution in [-0.2, 0) is 17.6 Å². The summed E-state index contributed by atoms with van der Waals surface area (Å²) in [4.78, 5) is 20.4. The normalized spacial score (nSPS) is 13.8. The Labute approximate surface area is 117 Å². The molecular weight excluding hydrogens is 254 g/mol. The van der Waals surface area contributed by atoms with Gasteiger partial charge < -0.3 is 4.74 Å². The van der Waals surface area contributed by atoms with Crippen LogP contribution in [0.25, 0.3) is 5.82 Å². The van der Waals surface area contributed by atoms with Gasteiger partial charge in [-0.05, 0) is 44.7 Å². The highest BCUT2D eigenvalue weighted by atomic mass is 16.5. The van der Waals surface area contributed by atoms with Gasteiger partial charge in [0, 0.05) is 11.9 Å². The molecule has 0 aliphatic heterocycles. The zero-order chi connectivity index (χ0) is 13.9. The molecule has 2 heterocycles. The maximum absolute atomic E-state index is 11.6. The summed E-state index contributed by atoms with van der Waals surface area (Å²) in [6.07, 6.45) is 7.86. The molecule has 0 atom stereocenters. The fourth-order valence-electron chi connectivity index (χ4n) is 2.53. The third-order valence-corrected chi connectivity index (χ3v) is 3.54. The molecule has 0 fully saturated rings. The molecule has 3 rings (SSSR count). The van der Waals surface area contributed by atoms with Gasteiger partial charge in [0.25, 0.3) is 0 Å². The molecule has 5 nitrogen and oxygen atoms in total. The van der Waals surface area contributed by atoms with E-state index < -0.39 is 0 Å². The highest BCUT2D eigenvalue weighted by Gasteiger charge is 2.16. The van der Waals surface area contributed by atoms with Crippen molar-refractivity contribution in [1.29, 1.82) is 0 Å². The number of carbonyl (C=O) groups is 1. The van der Waals surface area contributed by atoms with Crippen molar-refractivity contribution in [3.05, 3.63) is 41.6 Å². The van der Waals surface area contributed by atoms with E-state index >= 15 is 0 Å². The van der Waals surface area contributed by atoms with Crippen molar-refractivity contribution in [2.24, 2.45) is 0 Å². The molecule has 0 saturated heterocycles. The van der Waals surface area contributed by atoms with Crippen molar-refractivity contribution in [2.75, 3.05) is 6.61 Å². The van der Waals surface area contributed by atoms with E-state index in [1.807, 2.05) is 17.0 Å². The van der Waals surface area contributed by atoms with Crippen molar-refractivity contribution in [3.8, 4) is 5.82 Å². The monoisotopic (exact) mass is 271 g/mol. The van der Waals surface area contributed by atoms with E-state index in [0.717, 1.165) is 18.7 Å². The first-order chi connectivity index (χ1) is 9.79. The van der Waals surface area contributed by atoms with Crippen LogP contribution in [0.15, 0.2) is 24.7 Å². The van der Waals surface area contributed by atoms with Crippen LogP contribution in [0, 0.1) is 0 Å². The van der Waals surface area contributed by atoms with E-state index in [1.165, 1.54) is 24.2 Å². The third kappa shape index (κ3) is 2.31. The fourth-order valence-corrected chi connectivity index (χ4v) is 2.53. The predicted octanol–water partition coefficient (Wildman–Crippen LogP) is 2.32. The Bertz CT molecular complexity index is 617. The maximum Gasteiger partial charge on any atom is 0.339 e. The molecule has 2 aromatic rings. The van der Waals surface area contributed by atoms with Crippen molar-refractivity contribution in [2.45, 2.75) is 32.6 Å². The number of ether oxygens (including phenoxy) is 1. The van der Waals surface area contributed by atoms with Gasteiger partial charge in [-0.15, -0.1) is 0 Å². The lowest BCUT2D eigenvalue weighted by Crippen LogP contribution is -2.09. The lowest BCUT2D eigenvalue weighted by Gasteiger charge is -2.13. The molecule has 1 aliphatic rings. The van der Waals surface area contributed by atoms with E-state index in [4.69, 9.17) is 4.74 Å². The van der Waals surface area contributed by atoms with Gasteiger partial charge in [-0.25, -0.2) is 14.8 Å². The summed E-state index contributed by atoms with van der Waals surface area (Å²) in [5, 5.41) is 0. The zero-order valence-electron chi connectivity index (χ0n) is 11.5. The summed E-state index contributed by atoms with van der Waals surface area (Å²) in [6.45, 7) is 2.16. The smallest absolute Gasteiger partial charge is 0.339 e. The quantitative estimate of drug-likeness (QED) is 0.804. The molecular formula is C15H17N3O2. The number of carbonyl (C=O) groups excluding carboxylic acids is 1. The van der Waals surface area contributed by atoms with Crippen molar-refractivity contribution in [3.63, 3.8) is 0 Å².